The predicted molar refractivity (Wildman–Crippen MR) is 168 cm³/mol. The van der Waals surface area contributed by atoms with Crippen LogP contribution in [-0.4, -0.2) is 34.7 Å². The number of H-pyrrole nitrogens is 1. The van der Waals surface area contributed by atoms with Gasteiger partial charge < -0.3 is 0 Å². The first-order valence-electron chi connectivity index (χ1n) is 14.7. The molecule has 0 unspecified atom stereocenters. The van der Waals surface area contributed by atoms with Crippen molar-refractivity contribution in [3.63, 3.8) is 0 Å². The number of hydrogen-bond donors (Lipinski definition) is 1. The number of rotatable bonds is 8. The molecule has 0 fully saturated rings. The normalized spacial score (nSPS) is 12.2. The highest BCUT2D eigenvalue weighted by molar-refractivity contribution is 5.77. The molecule has 0 radical (unpaired) electrons. The molecule has 0 atom stereocenters. The van der Waals surface area contributed by atoms with Crippen LogP contribution in [0.3, 0.4) is 0 Å². The molecule has 1 N–H and O–H groups in total. The molecule has 0 aliphatic carbocycles. The van der Waals surface area contributed by atoms with Gasteiger partial charge in [-0.15, -0.1) is 5.10 Å². The maximum atomic E-state index is 14.3. The van der Waals surface area contributed by atoms with Crippen LogP contribution in [0.1, 0.15) is 83.7 Å². The Hall–Kier alpha value is -4.33. The first-order valence-corrected chi connectivity index (χ1v) is 14.7. The van der Waals surface area contributed by atoms with Crippen LogP contribution < -0.4 is 5.69 Å². The fourth-order valence-electron chi connectivity index (χ4n) is 5.48. The van der Waals surface area contributed by atoms with E-state index in [2.05, 4.69) is 111 Å². The van der Waals surface area contributed by atoms with Crippen molar-refractivity contribution in [3.8, 4) is 28.3 Å². The number of hydrogen-bond acceptors (Lipinski definition) is 5. The summed E-state index contributed by atoms with van der Waals surface area (Å²) in [4.78, 5) is 18.9. The minimum absolute atomic E-state index is 0.00258. The van der Waals surface area contributed by atoms with Crippen LogP contribution >= 0.6 is 0 Å². The van der Waals surface area contributed by atoms with Crippen molar-refractivity contribution in [2.75, 3.05) is 0 Å². The Morgan fingerprint density at radius 3 is 2.17 bits per heavy atom. The van der Waals surface area contributed by atoms with Crippen LogP contribution in [0, 0.1) is 0 Å². The van der Waals surface area contributed by atoms with E-state index in [0.717, 1.165) is 53.0 Å². The molecule has 8 nitrogen and oxygen atoms in total. The van der Waals surface area contributed by atoms with E-state index in [1.165, 1.54) is 11.1 Å². The van der Waals surface area contributed by atoms with Gasteiger partial charge in [-0.1, -0.05) is 97.4 Å². The predicted octanol–water partition coefficient (Wildman–Crippen LogP) is 6.87. The molecule has 0 aliphatic rings. The first kappa shape index (κ1) is 29.2. The maximum absolute atomic E-state index is 14.3. The molecule has 2 aromatic carbocycles. The number of imidazole rings is 1. The van der Waals surface area contributed by atoms with Crippen molar-refractivity contribution in [2.24, 2.45) is 0 Å². The molecular formula is C34H41N7O. The second kappa shape index (κ2) is 11.5. The van der Waals surface area contributed by atoms with Gasteiger partial charge in [-0.05, 0) is 62.9 Å². The van der Waals surface area contributed by atoms with Gasteiger partial charge in [0.15, 0.2) is 5.82 Å². The van der Waals surface area contributed by atoms with Crippen molar-refractivity contribution < 1.29 is 0 Å². The minimum atomic E-state index is -0.121. The minimum Gasteiger partial charge on any atom is -0.292 e. The quantitative estimate of drug-likeness (QED) is 0.222. The molecule has 5 aromatic rings. The van der Waals surface area contributed by atoms with E-state index in [-0.39, 0.29) is 16.5 Å². The molecule has 0 saturated carbocycles. The molecule has 3 heterocycles. The smallest absolute Gasteiger partial charge is 0.292 e. The lowest BCUT2D eigenvalue weighted by atomic mass is 9.78. The Balaban J connectivity index is 1.57. The van der Waals surface area contributed by atoms with Crippen molar-refractivity contribution in [3.05, 3.63) is 99.9 Å². The number of para-hydroxylation sites is 1. The van der Waals surface area contributed by atoms with Gasteiger partial charge in [-0.25, -0.2) is 9.89 Å². The number of aryl methyl sites for hydroxylation is 1. The number of unbranched alkanes of at least 4 members (excludes halogenated alkanes) is 1. The van der Waals surface area contributed by atoms with E-state index in [0.29, 0.717) is 12.4 Å². The third-order valence-electron chi connectivity index (χ3n) is 7.72. The fraction of sp³-hybridized carbons (Fsp3) is 0.382. The third kappa shape index (κ3) is 5.84. The Morgan fingerprint density at radius 1 is 0.881 bits per heavy atom. The van der Waals surface area contributed by atoms with Gasteiger partial charge in [0.05, 0.1) is 17.9 Å². The fourth-order valence-corrected chi connectivity index (χ4v) is 5.48. The van der Waals surface area contributed by atoms with E-state index >= 15 is 0 Å². The number of nitrogens with one attached hydrogen (secondary N) is 1. The van der Waals surface area contributed by atoms with Crippen LogP contribution in [-0.2, 0) is 23.8 Å². The second-order valence-corrected chi connectivity index (χ2v) is 13.0. The van der Waals surface area contributed by atoms with Crippen LogP contribution in [0.5, 0.6) is 0 Å². The van der Waals surface area contributed by atoms with Crippen LogP contribution in [0.25, 0.3) is 28.3 Å². The first-order chi connectivity index (χ1) is 20.0. The lowest BCUT2D eigenvalue weighted by molar-refractivity contribution is 0.559. The molecule has 0 amide bonds. The van der Waals surface area contributed by atoms with Gasteiger partial charge in [0, 0.05) is 29.2 Å². The molecule has 5 rings (SSSR count). The zero-order valence-electron chi connectivity index (χ0n) is 25.8. The summed E-state index contributed by atoms with van der Waals surface area (Å²) in [5.74, 6) is 0.570. The van der Waals surface area contributed by atoms with Crippen LogP contribution in [0.2, 0.25) is 0 Å². The van der Waals surface area contributed by atoms with Gasteiger partial charge in [-0.3, -0.25) is 14.1 Å². The van der Waals surface area contributed by atoms with Crippen LogP contribution in [0.4, 0.5) is 0 Å². The zero-order valence-corrected chi connectivity index (χ0v) is 25.8. The number of nitrogens with zero attached hydrogens (tertiary/aromatic N) is 6. The monoisotopic (exact) mass is 563 g/mol. The molecular weight excluding hydrogens is 522 g/mol. The summed E-state index contributed by atoms with van der Waals surface area (Å²) in [7, 11) is 0. The molecule has 0 bridgehead atoms. The highest BCUT2D eigenvalue weighted by Crippen LogP contribution is 2.36. The summed E-state index contributed by atoms with van der Waals surface area (Å²) in [6, 6.07) is 18.5. The van der Waals surface area contributed by atoms with Gasteiger partial charge in [0.2, 0.25) is 0 Å². The van der Waals surface area contributed by atoms with Crippen molar-refractivity contribution in [1.29, 1.82) is 0 Å². The Morgan fingerprint density at radius 2 is 1.57 bits per heavy atom. The zero-order chi connectivity index (χ0) is 30.1. The largest absolute Gasteiger partial charge is 0.333 e. The summed E-state index contributed by atoms with van der Waals surface area (Å²) < 4.78 is 3.86. The van der Waals surface area contributed by atoms with Crippen LogP contribution in [0.15, 0.2) is 71.8 Å². The van der Waals surface area contributed by atoms with Crippen molar-refractivity contribution in [1.82, 2.24) is 34.7 Å². The van der Waals surface area contributed by atoms with Gasteiger partial charge in [0.1, 0.15) is 0 Å². The topological polar surface area (TPSA) is 94.3 Å². The van der Waals surface area contributed by atoms with Gasteiger partial charge in [-0.2, -0.15) is 0 Å². The second-order valence-electron chi connectivity index (χ2n) is 13.0. The molecule has 0 aliphatic heterocycles. The molecule has 3 aromatic heterocycles. The molecule has 0 saturated heterocycles. The lowest BCUT2D eigenvalue weighted by Gasteiger charge is -2.29. The summed E-state index contributed by atoms with van der Waals surface area (Å²) in [6.07, 6.45) is 6.78. The maximum Gasteiger partial charge on any atom is 0.333 e. The Bertz CT molecular complexity index is 1680. The lowest BCUT2D eigenvalue weighted by Crippen LogP contribution is -2.29. The molecule has 0 spiro atoms. The SMILES string of the molecule is CCCCc1cn(-c2c(C(C)(C)C)cccc2C(C)(C)C)c(=O)n1Cc1ccc(-c2ncccc2-c2nnn[nH]2)cc1. The van der Waals surface area contributed by atoms with E-state index in [9.17, 15) is 4.79 Å². The number of aromatic nitrogens is 7. The average molecular weight is 564 g/mol. The standard InChI is InChI=1S/C34H41N7O/c1-8-9-12-25-22-41(30-27(33(2,3)4)14-10-15-28(30)34(5,6)7)32(42)40(25)21-23-16-18-24(19-17-23)29-26(13-11-20-35-29)31-36-38-39-37-31/h10-11,13-20,22H,8-9,12,21H2,1-7H3,(H,36,37,38,39). The molecule has 218 valence electrons. The van der Waals surface area contributed by atoms with Gasteiger partial charge in [0.25, 0.3) is 0 Å². The summed E-state index contributed by atoms with van der Waals surface area (Å²) in [5, 5.41) is 14.3. The highest BCUT2D eigenvalue weighted by Gasteiger charge is 2.28. The highest BCUT2D eigenvalue weighted by atomic mass is 16.1. The van der Waals surface area contributed by atoms with E-state index in [1.807, 2.05) is 33.4 Å². The average Bonchev–Trinajstić information content (AvgIpc) is 3.60. The molecule has 8 heteroatoms. The summed E-state index contributed by atoms with van der Waals surface area (Å²) in [6.45, 7) is 16.0. The number of benzene rings is 2. The van der Waals surface area contributed by atoms with E-state index in [4.69, 9.17) is 0 Å². The molecule has 42 heavy (non-hydrogen) atoms. The van der Waals surface area contributed by atoms with Crippen molar-refractivity contribution >= 4 is 0 Å². The summed E-state index contributed by atoms with van der Waals surface area (Å²) >= 11 is 0. The van der Waals surface area contributed by atoms with Gasteiger partial charge >= 0.3 is 5.69 Å². The number of pyridine rings is 1. The number of aromatic amines is 1. The van der Waals surface area contributed by atoms with Crippen molar-refractivity contribution in [2.45, 2.75) is 85.1 Å². The summed E-state index contributed by atoms with van der Waals surface area (Å²) in [5.41, 5.74) is 7.80. The Kier molecular flexibility index (Phi) is 7.99. The van der Waals surface area contributed by atoms with E-state index in [1.54, 1.807) is 6.20 Å². The number of tetrazole rings is 1. The third-order valence-corrected chi connectivity index (χ3v) is 7.72. The van der Waals surface area contributed by atoms with E-state index < -0.39 is 0 Å². The Labute approximate surface area is 247 Å².